The molecule has 5 heteroatoms. The van der Waals surface area contributed by atoms with E-state index >= 15 is 0 Å². The number of carbonyl (C=O) groups excluding carboxylic acids is 1. The van der Waals surface area contributed by atoms with Crippen LogP contribution in [0.3, 0.4) is 0 Å². The third-order valence-electron chi connectivity index (χ3n) is 2.48. The number of hydrogen-bond donors (Lipinski definition) is 1. The highest BCUT2D eigenvalue weighted by Gasteiger charge is 2.09. The Labute approximate surface area is 127 Å². The Morgan fingerprint density at radius 2 is 1.89 bits per heavy atom. The molecule has 0 atom stereocenters. The maximum Gasteiger partial charge on any atom is 0.255 e. The number of carbonyl (C=O) groups is 1. The van der Waals surface area contributed by atoms with Crippen molar-refractivity contribution in [1.29, 1.82) is 0 Å². The summed E-state index contributed by atoms with van der Waals surface area (Å²) in [7, 11) is 0. The first kappa shape index (κ1) is 14.2. The molecule has 2 aromatic carbocycles. The fourth-order valence-corrected chi connectivity index (χ4v) is 2.50. The average molecular weight is 387 g/mol. The molecule has 0 aliphatic heterocycles. The lowest BCUT2D eigenvalue weighted by molar-refractivity contribution is 0.102. The summed E-state index contributed by atoms with van der Waals surface area (Å²) in [6.07, 6.45) is 0. The van der Waals surface area contributed by atoms with Crippen molar-refractivity contribution in [2.45, 2.75) is 6.92 Å². The average Bonchev–Trinajstić information content (AvgIpc) is 2.32. The molecule has 0 saturated carbocycles. The van der Waals surface area contributed by atoms with Gasteiger partial charge in [-0.25, -0.2) is 4.39 Å². The minimum absolute atomic E-state index is 0.272. The second kappa shape index (κ2) is 5.84. The van der Waals surface area contributed by atoms with Crippen molar-refractivity contribution in [1.82, 2.24) is 0 Å². The number of halogens is 3. The fraction of sp³-hybridized carbons (Fsp3) is 0.0714. The van der Waals surface area contributed by atoms with E-state index in [-0.39, 0.29) is 5.91 Å². The minimum Gasteiger partial charge on any atom is -0.322 e. The van der Waals surface area contributed by atoms with Crippen molar-refractivity contribution < 1.29 is 9.18 Å². The SMILES string of the molecule is Cc1cc(Br)cc(C(=O)Nc2ccc(Br)c(F)c2)c1. The smallest absolute Gasteiger partial charge is 0.255 e. The van der Waals surface area contributed by atoms with Crippen LogP contribution >= 0.6 is 31.9 Å². The maximum atomic E-state index is 13.4. The molecule has 0 fully saturated rings. The van der Waals surface area contributed by atoms with Gasteiger partial charge < -0.3 is 5.32 Å². The van der Waals surface area contributed by atoms with Gasteiger partial charge in [0.05, 0.1) is 4.47 Å². The summed E-state index contributed by atoms with van der Waals surface area (Å²) in [6.45, 7) is 1.90. The lowest BCUT2D eigenvalue weighted by Crippen LogP contribution is -2.12. The molecule has 0 aliphatic carbocycles. The molecule has 2 rings (SSSR count). The van der Waals surface area contributed by atoms with E-state index in [0.717, 1.165) is 10.0 Å². The number of amides is 1. The predicted octanol–water partition coefficient (Wildman–Crippen LogP) is 4.91. The predicted molar refractivity (Wildman–Crippen MR) is 80.9 cm³/mol. The normalized spacial score (nSPS) is 10.3. The molecular weight excluding hydrogens is 377 g/mol. The van der Waals surface area contributed by atoms with Gasteiger partial charge in [0.15, 0.2) is 0 Å². The van der Waals surface area contributed by atoms with Crippen LogP contribution in [0.5, 0.6) is 0 Å². The zero-order valence-corrected chi connectivity index (χ0v) is 13.2. The lowest BCUT2D eigenvalue weighted by Gasteiger charge is -2.07. The fourth-order valence-electron chi connectivity index (χ4n) is 1.64. The highest BCUT2D eigenvalue weighted by atomic mass is 79.9. The Hall–Kier alpha value is -1.20. The summed E-state index contributed by atoms with van der Waals surface area (Å²) in [5.74, 6) is -0.686. The van der Waals surface area contributed by atoms with Gasteiger partial charge in [-0.05, 0) is 64.8 Å². The highest BCUT2D eigenvalue weighted by Crippen LogP contribution is 2.21. The maximum absolute atomic E-state index is 13.4. The number of rotatable bonds is 2. The van der Waals surface area contributed by atoms with Crippen LogP contribution < -0.4 is 5.32 Å². The van der Waals surface area contributed by atoms with Crippen molar-refractivity contribution in [2.24, 2.45) is 0 Å². The van der Waals surface area contributed by atoms with Gasteiger partial charge in [-0.3, -0.25) is 4.79 Å². The van der Waals surface area contributed by atoms with Crippen molar-refractivity contribution in [2.75, 3.05) is 5.32 Å². The largest absolute Gasteiger partial charge is 0.322 e. The Kier molecular flexibility index (Phi) is 4.37. The molecule has 0 bridgehead atoms. The van der Waals surface area contributed by atoms with E-state index in [4.69, 9.17) is 0 Å². The van der Waals surface area contributed by atoms with Gasteiger partial charge in [-0.1, -0.05) is 15.9 Å². The Morgan fingerprint density at radius 3 is 2.53 bits per heavy atom. The van der Waals surface area contributed by atoms with E-state index in [1.54, 1.807) is 24.3 Å². The summed E-state index contributed by atoms with van der Waals surface area (Å²) in [6, 6.07) is 9.86. The standard InChI is InChI=1S/C14H10Br2FNO/c1-8-4-9(6-10(15)5-8)14(19)18-11-2-3-12(16)13(17)7-11/h2-7H,1H3,(H,18,19). The van der Waals surface area contributed by atoms with Gasteiger partial charge in [-0.15, -0.1) is 0 Å². The second-order valence-electron chi connectivity index (χ2n) is 4.10. The first-order valence-corrected chi connectivity index (χ1v) is 7.08. The molecule has 2 aromatic rings. The van der Waals surface area contributed by atoms with Crippen molar-refractivity contribution >= 4 is 43.5 Å². The number of hydrogen-bond acceptors (Lipinski definition) is 1. The zero-order valence-electron chi connectivity index (χ0n) is 10.0. The van der Waals surface area contributed by atoms with Gasteiger partial charge in [0.25, 0.3) is 5.91 Å². The monoisotopic (exact) mass is 385 g/mol. The van der Waals surface area contributed by atoms with Gasteiger partial charge in [0.2, 0.25) is 0 Å². The summed E-state index contributed by atoms with van der Waals surface area (Å²) in [4.78, 5) is 12.0. The number of benzene rings is 2. The lowest BCUT2D eigenvalue weighted by atomic mass is 10.1. The van der Waals surface area contributed by atoms with E-state index in [0.29, 0.717) is 15.7 Å². The summed E-state index contributed by atoms with van der Waals surface area (Å²) >= 11 is 6.41. The topological polar surface area (TPSA) is 29.1 Å². The first-order chi connectivity index (χ1) is 8.95. The third kappa shape index (κ3) is 3.64. The molecule has 0 aliphatic rings. The Bertz CT molecular complexity index is 623. The Morgan fingerprint density at radius 1 is 1.16 bits per heavy atom. The molecule has 1 N–H and O–H groups in total. The van der Waals surface area contributed by atoms with Crippen LogP contribution in [-0.2, 0) is 0 Å². The molecule has 0 unspecified atom stereocenters. The molecule has 98 valence electrons. The molecule has 0 radical (unpaired) electrons. The van der Waals surface area contributed by atoms with Gasteiger partial charge in [0.1, 0.15) is 5.82 Å². The van der Waals surface area contributed by atoms with E-state index in [9.17, 15) is 9.18 Å². The van der Waals surface area contributed by atoms with Crippen LogP contribution in [-0.4, -0.2) is 5.91 Å². The van der Waals surface area contributed by atoms with Crippen LogP contribution in [0.25, 0.3) is 0 Å². The summed E-state index contributed by atoms with van der Waals surface area (Å²) in [5.41, 5.74) is 1.92. The summed E-state index contributed by atoms with van der Waals surface area (Å²) < 4.78 is 14.6. The molecular formula is C14H10Br2FNO. The first-order valence-electron chi connectivity index (χ1n) is 5.49. The van der Waals surface area contributed by atoms with Crippen LogP contribution in [0.2, 0.25) is 0 Å². The van der Waals surface area contributed by atoms with Crippen LogP contribution in [0, 0.1) is 12.7 Å². The molecule has 1 amide bonds. The van der Waals surface area contributed by atoms with Crippen LogP contribution in [0.15, 0.2) is 45.3 Å². The van der Waals surface area contributed by atoms with Crippen molar-refractivity contribution in [3.63, 3.8) is 0 Å². The number of anilines is 1. The highest BCUT2D eigenvalue weighted by molar-refractivity contribution is 9.10. The Balaban J connectivity index is 2.22. The third-order valence-corrected chi connectivity index (χ3v) is 3.58. The molecule has 2 nitrogen and oxygen atoms in total. The van der Waals surface area contributed by atoms with E-state index in [1.165, 1.54) is 6.07 Å². The van der Waals surface area contributed by atoms with E-state index in [1.807, 2.05) is 13.0 Å². The zero-order chi connectivity index (χ0) is 14.0. The molecule has 0 heterocycles. The number of aryl methyl sites for hydroxylation is 1. The summed E-state index contributed by atoms with van der Waals surface area (Å²) in [5, 5.41) is 2.66. The van der Waals surface area contributed by atoms with Gasteiger partial charge >= 0.3 is 0 Å². The van der Waals surface area contributed by atoms with Gasteiger partial charge in [-0.2, -0.15) is 0 Å². The van der Waals surface area contributed by atoms with Crippen molar-refractivity contribution in [3.8, 4) is 0 Å². The molecule has 0 saturated heterocycles. The van der Waals surface area contributed by atoms with Gasteiger partial charge in [0, 0.05) is 15.7 Å². The molecule has 0 aromatic heterocycles. The van der Waals surface area contributed by atoms with E-state index < -0.39 is 5.82 Å². The van der Waals surface area contributed by atoms with E-state index in [2.05, 4.69) is 37.2 Å². The quantitative estimate of drug-likeness (QED) is 0.780. The minimum atomic E-state index is -0.414. The van der Waals surface area contributed by atoms with Crippen LogP contribution in [0.1, 0.15) is 15.9 Å². The molecule has 0 spiro atoms. The second-order valence-corrected chi connectivity index (χ2v) is 5.87. The van der Waals surface area contributed by atoms with Crippen LogP contribution in [0.4, 0.5) is 10.1 Å². The molecule has 19 heavy (non-hydrogen) atoms. The number of nitrogens with one attached hydrogen (secondary N) is 1. The van der Waals surface area contributed by atoms with Crippen molar-refractivity contribution in [3.05, 3.63) is 62.3 Å².